The van der Waals surface area contributed by atoms with Crippen LogP contribution in [0.1, 0.15) is 13.8 Å². The molecule has 2 amide bonds. The van der Waals surface area contributed by atoms with Crippen molar-refractivity contribution in [2.45, 2.75) is 31.8 Å². The maximum atomic E-state index is 13.3. The van der Waals surface area contributed by atoms with Crippen molar-refractivity contribution in [3.63, 3.8) is 0 Å². The van der Waals surface area contributed by atoms with Gasteiger partial charge in [0.15, 0.2) is 23.1 Å². The van der Waals surface area contributed by atoms with Crippen LogP contribution in [0.25, 0.3) is 10.2 Å². The third-order valence-electron chi connectivity index (χ3n) is 5.84. The number of hydrogen-bond donors (Lipinski definition) is 1. The first kappa shape index (κ1) is 21.8. The van der Waals surface area contributed by atoms with Crippen LogP contribution in [0.5, 0.6) is 0 Å². The second kappa shape index (κ2) is 8.74. The second-order valence-electron chi connectivity index (χ2n) is 8.60. The van der Waals surface area contributed by atoms with E-state index in [1.807, 2.05) is 42.5 Å². The van der Waals surface area contributed by atoms with Gasteiger partial charge in [0.1, 0.15) is 0 Å². The molecule has 0 radical (unpaired) electrons. The number of aromatic nitrogens is 1. The van der Waals surface area contributed by atoms with Crippen molar-refractivity contribution in [2.24, 2.45) is 0 Å². The van der Waals surface area contributed by atoms with Crippen LogP contribution >= 0.6 is 11.3 Å². The summed E-state index contributed by atoms with van der Waals surface area (Å²) in [6.07, 6.45) is -2.05. The number of nitrogens with zero attached hydrogens (tertiary/aromatic N) is 3. The van der Waals surface area contributed by atoms with Gasteiger partial charge in [-0.3, -0.25) is 14.9 Å². The van der Waals surface area contributed by atoms with Crippen molar-refractivity contribution in [1.82, 2.24) is 9.88 Å². The first-order valence-corrected chi connectivity index (χ1v) is 11.8. The molecule has 5 rings (SSSR count). The normalized spacial score (nSPS) is 22.5. The van der Waals surface area contributed by atoms with Crippen LogP contribution in [0.3, 0.4) is 0 Å². The lowest BCUT2D eigenvalue weighted by molar-refractivity contribution is -0.162. The van der Waals surface area contributed by atoms with Crippen LogP contribution in [-0.2, 0) is 19.1 Å². The predicted octanol–water partition coefficient (Wildman–Crippen LogP) is 3.10. The number of hydrogen-bond acceptors (Lipinski definition) is 7. The average molecular weight is 467 g/mol. The molecule has 1 aromatic heterocycles. The van der Waals surface area contributed by atoms with Gasteiger partial charge in [-0.05, 0) is 38.1 Å². The van der Waals surface area contributed by atoms with E-state index in [4.69, 9.17) is 9.47 Å². The van der Waals surface area contributed by atoms with Gasteiger partial charge >= 0.3 is 0 Å². The number of para-hydroxylation sites is 2. The topological polar surface area (TPSA) is 84.0 Å². The summed E-state index contributed by atoms with van der Waals surface area (Å²) < 4.78 is 12.7. The summed E-state index contributed by atoms with van der Waals surface area (Å²) in [5, 5.41) is 3.28. The van der Waals surface area contributed by atoms with Crippen molar-refractivity contribution in [3.8, 4) is 0 Å². The van der Waals surface area contributed by atoms with Crippen LogP contribution in [0, 0.1) is 0 Å². The molecule has 8 nitrogen and oxygen atoms in total. The number of carbonyl (C=O) groups is 2. The summed E-state index contributed by atoms with van der Waals surface area (Å²) in [4.78, 5) is 34.9. The molecule has 2 aliphatic rings. The molecule has 9 heteroatoms. The lowest BCUT2D eigenvalue weighted by atomic mass is 10.1. The fourth-order valence-electron chi connectivity index (χ4n) is 4.24. The highest BCUT2D eigenvalue weighted by molar-refractivity contribution is 7.22. The fraction of sp³-hybridized carbons (Fsp3) is 0.375. The minimum absolute atomic E-state index is 0.224. The van der Waals surface area contributed by atoms with Crippen LogP contribution in [-0.4, -0.2) is 65.9 Å². The van der Waals surface area contributed by atoms with E-state index < -0.39 is 23.9 Å². The van der Waals surface area contributed by atoms with Gasteiger partial charge in [-0.15, -0.1) is 0 Å². The van der Waals surface area contributed by atoms with E-state index in [9.17, 15) is 9.59 Å². The summed E-state index contributed by atoms with van der Waals surface area (Å²) in [7, 11) is 0. The number of carbonyl (C=O) groups excluding carboxylic acids is 2. The molecule has 0 bridgehead atoms. The molecule has 0 saturated carbocycles. The molecule has 2 aromatic carbocycles. The fourth-order valence-corrected chi connectivity index (χ4v) is 5.11. The molecule has 172 valence electrons. The van der Waals surface area contributed by atoms with Crippen molar-refractivity contribution in [2.75, 3.05) is 36.4 Å². The Morgan fingerprint density at radius 1 is 0.970 bits per heavy atom. The number of anilines is 2. The molecule has 3 aromatic rings. The second-order valence-corrected chi connectivity index (χ2v) is 9.63. The Hall–Kier alpha value is -3.01. The van der Waals surface area contributed by atoms with Crippen molar-refractivity contribution in [1.29, 1.82) is 0 Å². The van der Waals surface area contributed by atoms with Crippen molar-refractivity contribution >= 4 is 44.2 Å². The zero-order chi connectivity index (χ0) is 23.0. The first-order valence-electron chi connectivity index (χ1n) is 11.0. The Morgan fingerprint density at radius 2 is 1.64 bits per heavy atom. The van der Waals surface area contributed by atoms with E-state index in [2.05, 4.69) is 27.3 Å². The Kier molecular flexibility index (Phi) is 5.77. The minimum Gasteiger partial charge on any atom is -0.368 e. The van der Waals surface area contributed by atoms with E-state index in [1.165, 1.54) is 11.3 Å². The van der Waals surface area contributed by atoms with E-state index in [0.29, 0.717) is 18.2 Å². The van der Waals surface area contributed by atoms with E-state index in [1.54, 1.807) is 18.7 Å². The molecule has 0 aliphatic carbocycles. The molecule has 2 saturated heterocycles. The highest BCUT2D eigenvalue weighted by Crippen LogP contribution is 2.32. The Balaban J connectivity index is 1.27. The van der Waals surface area contributed by atoms with Gasteiger partial charge in [-0.2, -0.15) is 0 Å². The van der Waals surface area contributed by atoms with Crippen LogP contribution in [0.15, 0.2) is 54.6 Å². The summed E-state index contributed by atoms with van der Waals surface area (Å²) in [5.74, 6) is -1.69. The highest BCUT2D eigenvalue weighted by Gasteiger charge is 2.50. The standard InChI is InChI=1S/C24H26N4O4S/c1-24(2)31-19(21(29)26-23-25-17-10-6-7-11-18(17)33-23)20(32-24)22(30)28-14-12-27(13-15-28)16-8-4-3-5-9-16/h3-11,19-20H,12-15H2,1-2H3,(H,25,26,29)/t19-,20-/m0/s1. The Morgan fingerprint density at radius 3 is 2.36 bits per heavy atom. The van der Waals surface area contributed by atoms with Gasteiger partial charge in [0.05, 0.1) is 10.2 Å². The molecular weight excluding hydrogens is 440 g/mol. The number of ether oxygens (including phenoxy) is 2. The van der Waals surface area contributed by atoms with Gasteiger partial charge < -0.3 is 19.3 Å². The minimum atomic E-state index is -1.05. The summed E-state index contributed by atoms with van der Waals surface area (Å²) in [5.41, 5.74) is 1.95. The van der Waals surface area contributed by atoms with Gasteiger partial charge in [-0.1, -0.05) is 41.7 Å². The Bertz CT molecular complexity index is 1120. The quantitative estimate of drug-likeness (QED) is 0.636. The lowest BCUT2D eigenvalue weighted by Gasteiger charge is -2.37. The molecule has 2 atom stereocenters. The van der Waals surface area contributed by atoms with Gasteiger partial charge in [-0.25, -0.2) is 4.98 Å². The third-order valence-corrected chi connectivity index (χ3v) is 6.79. The third kappa shape index (κ3) is 4.57. The van der Waals surface area contributed by atoms with Crippen molar-refractivity contribution in [3.05, 3.63) is 54.6 Å². The smallest absolute Gasteiger partial charge is 0.258 e. The largest absolute Gasteiger partial charge is 0.368 e. The molecule has 3 heterocycles. The number of piperazine rings is 1. The SMILES string of the molecule is CC1(C)O[C@H](C(=O)Nc2nc3ccccc3s2)[C@@H](C(=O)N2CCN(c3ccccc3)CC2)O1. The predicted molar refractivity (Wildman–Crippen MR) is 127 cm³/mol. The van der Waals surface area contributed by atoms with Gasteiger partial charge in [0.25, 0.3) is 11.8 Å². The molecule has 1 N–H and O–H groups in total. The molecule has 0 unspecified atom stereocenters. The molecule has 33 heavy (non-hydrogen) atoms. The number of fused-ring (bicyclic) bond motifs is 1. The van der Waals surface area contributed by atoms with E-state index in [0.717, 1.165) is 29.0 Å². The van der Waals surface area contributed by atoms with E-state index >= 15 is 0 Å². The molecule has 2 aliphatic heterocycles. The summed E-state index contributed by atoms with van der Waals surface area (Å²) in [6.45, 7) is 5.97. The van der Waals surface area contributed by atoms with Gasteiger partial charge in [0.2, 0.25) is 0 Å². The number of thiazole rings is 1. The van der Waals surface area contributed by atoms with Crippen LogP contribution < -0.4 is 10.2 Å². The highest BCUT2D eigenvalue weighted by atomic mass is 32.1. The monoisotopic (exact) mass is 466 g/mol. The number of nitrogens with one attached hydrogen (secondary N) is 1. The van der Waals surface area contributed by atoms with Crippen molar-refractivity contribution < 1.29 is 19.1 Å². The lowest BCUT2D eigenvalue weighted by Crippen LogP contribution is -2.54. The maximum absolute atomic E-state index is 13.3. The number of amides is 2. The molecule has 2 fully saturated rings. The molecule has 0 spiro atoms. The number of rotatable bonds is 4. The summed E-state index contributed by atoms with van der Waals surface area (Å²) >= 11 is 1.38. The number of benzene rings is 2. The zero-order valence-corrected chi connectivity index (χ0v) is 19.4. The first-order chi connectivity index (χ1) is 15.9. The average Bonchev–Trinajstić information content (AvgIpc) is 3.38. The van der Waals surface area contributed by atoms with Crippen LogP contribution in [0.2, 0.25) is 0 Å². The summed E-state index contributed by atoms with van der Waals surface area (Å²) in [6, 6.07) is 17.8. The van der Waals surface area contributed by atoms with Crippen LogP contribution in [0.4, 0.5) is 10.8 Å². The molecular formula is C24H26N4O4S. The Labute approximate surface area is 196 Å². The van der Waals surface area contributed by atoms with Gasteiger partial charge in [0, 0.05) is 31.9 Å². The van der Waals surface area contributed by atoms with E-state index in [-0.39, 0.29) is 5.91 Å². The maximum Gasteiger partial charge on any atom is 0.258 e. The zero-order valence-electron chi connectivity index (χ0n) is 18.6.